The smallest absolute Gasteiger partial charge is 0.261 e. The van der Waals surface area contributed by atoms with Gasteiger partial charge >= 0.3 is 0 Å². The molecule has 3 atom stereocenters. The Morgan fingerprint density at radius 1 is 1.19 bits per heavy atom. The largest absolute Gasteiger partial charge is 0.347 e. The number of carbonyl (C=O) groups excluding carboxylic acids is 1. The highest BCUT2D eigenvalue weighted by Crippen LogP contribution is 2.35. The van der Waals surface area contributed by atoms with Crippen LogP contribution in [0.4, 0.5) is 0 Å². The number of rotatable bonds is 3. The van der Waals surface area contributed by atoms with Gasteiger partial charge in [0.2, 0.25) is 0 Å². The molecule has 1 amide bonds. The Hall–Kier alpha value is -0.880. The molecular formula is C15H15ClN2OS2. The summed E-state index contributed by atoms with van der Waals surface area (Å²) in [6, 6.07) is 9.16. The third-order valence-corrected chi connectivity index (χ3v) is 6.77. The Kier molecular flexibility index (Phi) is 3.53. The Morgan fingerprint density at radius 3 is 2.67 bits per heavy atom. The van der Waals surface area contributed by atoms with Crippen molar-refractivity contribution >= 4 is 40.2 Å². The summed E-state index contributed by atoms with van der Waals surface area (Å²) in [6.45, 7) is 0. The fourth-order valence-corrected chi connectivity index (χ4v) is 5.30. The van der Waals surface area contributed by atoms with E-state index in [4.69, 9.17) is 11.6 Å². The third-order valence-electron chi connectivity index (χ3n) is 4.26. The molecule has 0 radical (unpaired) electrons. The Bertz CT molecular complexity index is 681. The molecule has 4 rings (SSSR count). The van der Waals surface area contributed by atoms with Crippen LogP contribution in [-0.4, -0.2) is 24.0 Å². The molecule has 2 N–H and O–H groups in total. The average Bonchev–Trinajstić information content (AvgIpc) is 3.22. The maximum absolute atomic E-state index is 12.4. The molecule has 0 aromatic carbocycles. The molecule has 2 bridgehead atoms. The molecule has 2 fully saturated rings. The van der Waals surface area contributed by atoms with Gasteiger partial charge in [0, 0.05) is 27.9 Å². The highest BCUT2D eigenvalue weighted by atomic mass is 35.5. The van der Waals surface area contributed by atoms with Gasteiger partial charge in [-0.3, -0.25) is 4.79 Å². The summed E-state index contributed by atoms with van der Waals surface area (Å²) in [7, 11) is 0. The van der Waals surface area contributed by atoms with Crippen LogP contribution in [0.3, 0.4) is 0 Å². The highest BCUT2D eigenvalue weighted by molar-refractivity contribution is 7.24. The third kappa shape index (κ3) is 2.63. The fraction of sp³-hybridized carbons (Fsp3) is 0.400. The van der Waals surface area contributed by atoms with E-state index in [2.05, 4.69) is 10.6 Å². The number of hydrogen-bond acceptors (Lipinski definition) is 4. The van der Waals surface area contributed by atoms with E-state index in [1.54, 1.807) is 11.3 Å². The second-order valence-electron chi connectivity index (χ2n) is 5.63. The zero-order valence-corrected chi connectivity index (χ0v) is 13.7. The molecule has 1 unspecified atom stereocenters. The first-order valence-electron chi connectivity index (χ1n) is 7.11. The lowest BCUT2D eigenvalue weighted by Gasteiger charge is -2.20. The van der Waals surface area contributed by atoms with Crippen molar-refractivity contribution in [3.8, 4) is 9.75 Å². The van der Waals surface area contributed by atoms with Crippen molar-refractivity contribution in [2.75, 3.05) is 0 Å². The van der Waals surface area contributed by atoms with Crippen LogP contribution in [0, 0.1) is 0 Å². The van der Waals surface area contributed by atoms with Gasteiger partial charge in [0.15, 0.2) is 0 Å². The van der Waals surface area contributed by atoms with Gasteiger partial charge in [0.1, 0.15) is 0 Å². The monoisotopic (exact) mass is 338 g/mol. The maximum atomic E-state index is 12.4. The van der Waals surface area contributed by atoms with E-state index in [9.17, 15) is 4.79 Å². The highest BCUT2D eigenvalue weighted by Gasteiger charge is 2.39. The first-order valence-corrected chi connectivity index (χ1v) is 9.12. The molecule has 0 spiro atoms. The molecule has 2 saturated heterocycles. The van der Waals surface area contributed by atoms with Crippen molar-refractivity contribution in [2.45, 2.75) is 37.4 Å². The Morgan fingerprint density at radius 2 is 2.00 bits per heavy atom. The second kappa shape index (κ2) is 5.39. The van der Waals surface area contributed by atoms with Crippen molar-refractivity contribution in [1.29, 1.82) is 0 Å². The first-order chi connectivity index (χ1) is 10.2. The standard InChI is InChI=1S/C15H15ClN2OS2/c16-14-6-5-12(21-14)11-3-4-13(20-11)15(19)18-10-7-8-1-2-9(10)17-8/h3-6,8-10,17H,1-2,7H2,(H,18,19)/t8-,9+,10?/m1/s1. The lowest BCUT2D eigenvalue weighted by atomic mass is 9.95. The van der Waals surface area contributed by atoms with Crippen LogP contribution in [0.15, 0.2) is 24.3 Å². The van der Waals surface area contributed by atoms with Gasteiger partial charge in [-0.2, -0.15) is 0 Å². The summed E-state index contributed by atoms with van der Waals surface area (Å²) in [5, 5.41) is 6.73. The zero-order valence-electron chi connectivity index (χ0n) is 11.3. The molecule has 0 aliphatic carbocycles. The molecule has 2 aliphatic rings. The second-order valence-corrected chi connectivity index (χ2v) is 8.43. The number of hydrogen-bond donors (Lipinski definition) is 2. The van der Waals surface area contributed by atoms with E-state index in [1.165, 1.54) is 24.2 Å². The number of nitrogens with one attached hydrogen (secondary N) is 2. The summed E-state index contributed by atoms with van der Waals surface area (Å²) in [5.41, 5.74) is 0. The van der Waals surface area contributed by atoms with E-state index < -0.39 is 0 Å². The van der Waals surface area contributed by atoms with E-state index in [1.807, 2.05) is 24.3 Å². The zero-order chi connectivity index (χ0) is 14.4. The predicted octanol–water partition coefficient (Wildman–Crippen LogP) is 3.75. The van der Waals surface area contributed by atoms with Crippen LogP contribution >= 0.6 is 34.3 Å². The van der Waals surface area contributed by atoms with Crippen molar-refractivity contribution in [1.82, 2.24) is 10.6 Å². The molecule has 2 aliphatic heterocycles. The van der Waals surface area contributed by atoms with Crippen molar-refractivity contribution in [3.63, 3.8) is 0 Å². The van der Waals surface area contributed by atoms with Gasteiger partial charge in [0.25, 0.3) is 5.91 Å². The van der Waals surface area contributed by atoms with E-state index >= 15 is 0 Å². The molecule has 2 aromatic heterocycles. The Labute approximate surface area is 136 Å². The quantitative estimate of drug-likeness (QED) is 0.894. The molecule has 2 aromatic rings. The topological polar surface area (TPSA) is 41.1 Å². The van der Waals surface area contributed by atoms with Crippen molar-refractivity contribution < 1.29 is 4.79 Å². The molecule has 6 heteroatoms. The van der Waals surface area contributed by atoms with E-state index in [-0.39, 0.29) is 11.9 Å². The Balaban J connectivity index is 1.46. The summed E-state index contributed by atoms with van der Waals surface area (Å²) in [4.78, 5) is 15.4. The van der Waals surface area contributed by atoms with Crippen molar-refractivity contribution in [2.24, 2.45) is 0 Å². The lowest BCUT2D eigenvalue weighted by molar-refractivity contribution is 0.0935. The number of amides is 1. The molecule has 0 saturated carbocycles. The van der Waals surface area contributed by atoms with Gasteiger partial charge in [0.05, 0.1) is 9.21 Å². The van der Waals surface area contributed by atoms with Crippen LogP contribution < -0.4 is 10.6 Å². The summed E-state index contributed by atoms with van der Waals surface area (Å²) in [5.74, 6) is 0.0493. The maximum Gasteiger partial charge on any atom is 0.261 e. The minimum Gasteiger partial charge on any atom is -0.347 e. The van der Waals surface area contributed by atoms with E-state index in [0.29, 0.717) is 12.1 Å². The van der Waals surface area contributed by atoms with E-state index in [0.717, 1.165) is 25.4 Å². The molecule has 3 nitrogen and oxygen atoms in total. The van der Waals surface area contributed by atoms with Crippen molar-refractivity contribution in [3.05, 3.63) is 33.5 Å². The van der Waals surface area contributed by atoms with Gasteiger partial charge in [-0.05, 0) is 43.5 Å². The lowest BCUT2D eigenvalue weighted by Crippen LogP contribution is -2.42. The molecule has 110 valence electrons. The number of thiophene rings is 2. The number of halogens is 1. The van der Waals surface area contributed by atoms with Crippen LogP contribution in [0.5, 0.6) is 0 Å². The SMILES string of the molecule is O=C(NC1C[C@H]2CC[C@@H]1N2)c1ccc(-c2ccc(Cl)s2)s1. The van der Waals surface area contributed by atoms with Crippen LogP contribution in [0.25, 0.3) is 9.75 Å². The van der Waals surface area contributed by atoms with Crippen LogP contribution in [-0.2, 0) is 0 Å². The fourth-order valence-electron chi connectivity index (χ4n) is 3.26. The first kappa shape index (κ1) is 13.8. The molecule has 4 heterocycles. The van der Waals surface area contributed by atoms with Gasteiger partial charge in [-0.25, -0.2) is 0 Å². The predicted molar refractivity (Wildman–Crippen MR) is 88.5 cm³/mol. The van der Waals surface area contributed by atoms with Crippen LogP contribution in [0.2, 0.25) is 4.34 Å². The number of fused-ring (bicyclic) bond motifs is 2. The van der Waals surface area contributed by atoms with Gasteiger partial charge in [-0.1, -0.05) is 11.6 Å². The summed E-state index contributed by atoms with van der Waals surface area (Å²) < 4.78 is 0.775. The van der Waals surface area contributed by atoms with Gasteiger partial charge in [-0.15, -0.1) is 22.7 Å². The van der Waals surface area contributed by atoms with Gasteiger partial charge < -0.3 is 10.6 Å². The van der Waals surface area contributed by atoms with Crippen LogP contribution in [0.1, 0.15) is 28.9 Å². The normalized spacial score (nSPS) is 27.2. The minimum absolute atomic E-state index is 0.0493. The molecular weight excluding hydrogens is 324 g/mol. The summed E-state index contributed by atoms with van der Waals surface area (Å²) in [6.07, 6.45) is 3.49. The molecule has 21 heavy (non-hydrogen) atoms. The summed E-state index contributed by atoms with van der Waals surface area (Å²) >= 11 is 9.04. The minimum atomic E-state index is 0.0493. The average molecular weight is 339 g/mol. The number of carbonyl (C=O) groups is 1.